The third-order valence-corrected chi connectivity index (χ3v) is 3.84. The molecule has 1 aromatic heterocycles. The van der Waals surface area contributed by atoms with Crippen molar-refractivity contribution >= 4 is 22.9 Å². The molecule has 0 spiro atoms. The van der Waals surface area contributed by atoms with Gasteiger partial charge in [0.05, 0.1) is 12.2 Å². The molecule has 2 heterocycles. The van der Waals surface area contributed by atoms with Crippen LogP contribution in [0.1, 0.15) is 12.0 Å². The van der Waals surface area contributed by atoms with Gasteiger partial charge in [0.1, 0.15) is 15.9 Å². The van der Waals surface area contributed by atoms with E-state index < -0.39 is 0 Å². The summed E-state index contributed by atoms with van der Waals surface area (Å²) in [5.41, 5.74) is 2.34. The average molecular weight is 252 g/mol. The van der Waals surface area contributed by atoms with E-state index in [1.165, 1.54) is 5.56 Å². The molecule has 3 rings (SSSR count). The van der Waals surface area contributed by atoms with Crippen LogP contribution in [-0.2, 0) is 6.42 Å². The maximum absolute atomic E-state index is 5.85. The number of hydrogen-bond acceptors (Lipinski definition) is 3. The standard InChI is InChI=1S/C12H10ClNOS/c13-10-7-16-12(14-10)9-5-1-3-8-4-2-6-15-11(8)9/h1,3,5,7H,2,4,6H2. The number of nitrogens with zero attached hydrogens (tertiary/aromatic N) is 1. The van der Waals surface area contributed by atoms with Gasteiger partial charge in [-0.1, -0.05) is 23.7 Å². The van der Waals surface area contributed by atoms with Crippen LogP contribution in [0.2, 0.25) is 5.15 Å². The molecule has 16 heavy (non-hydrogen) atoms. The summed E-state index contributed by atoms with van der Waals surface area (Å²) in [4.78, 5) is 4.29. The number of fused-ring (bicyclic) bond motifs is 1. The third-order valence-electron chi connectivity index (χ3n) is 2.64. The van der Waals surface area contributed by atoms with Gasteiger partial charge in [-0.3, -0.25) is 0 Å². The van der Waals surface area contributed by atoms with Gasteiger partial charge in [-0.05, 0) is 24.5 Å². The summed E-state index contributed by atoms with van der Waals surface area (Å²) in [7, 11) is 0. The van der Waals surface area contributed by atoms with E-state index in [1.807, 2.05) is 11.4 Å². The summed E-state index contributed by atoms with van der Waals surface area (Å²) >= 11 is 7.40. The quantitative estimate of drug-likeness (QED) is 0.769. The molecule has 1 aliphatic heterocycles. The predicted octanol–water partition coefficient (Wildman–Crippen LogP) is 3.79. The number of aryl methyl sites for hydroxylation is 1. The van der Waals surface area contributed by atoms with Crippen molar-refractivity contribution in [1.29, 1.82) is 0 Å². The maximum Gasteiger partial charge on any atom is 0.140 e. The minimum atomic E-state index is 0.549. The van der Waals surface area contributed by atoms with Gasteiger partial charge in [0, 0.05) is 5.38 Å². The molecule has 4 heteroatoms. The van der Waals surface area contributed by atoms with E-state index in [2.05, 4.69) is 17.1 Å². The van der Waals surface area contributed by atoms with Crippen molar-refractivity contribution in [2.24, 2.45) is 0 Å². The Balaban J connectivity index is 2.13. The highest BCUT2D eigenvalue weighted by Crippen LogP contribution is 2.37. The highest BCUT2D eigenvalue weighted by molar-refractivity contribution is 7.13. The molecule has 0 amide bonds. The number of para-hydroxylation sites is 1. The second-order valence-electron chi connectivity index (χ2n) is 3.72. The molecule has 0 atom stereocenters. The van der Waals surface area contributed by atoms with Crippen molar-refractivity contribution in [3.8, 4) is 16.3 Å². The average Bonchev–Trinajstić information content (AvgIpc) is 2.75. The van der Waals surface area contributed by atoms with Crippen LogP contribution in [0.5, 0.6) is 5.75 Å². The highest BCUT2D eigenvalue weighted by atomic mass is 35.5. The smallest absolute Gasteiger partial charge is 0.140 e. The first-order valence-corrected chi connectivity index (χ1v) is 6.46. The van der Waals surface area contributed by atoms with Crippen molar-refractivity contribution in [3.05, 3.63) is 34.3 Å². The molecule has 82 valence electrons. The third kappa shape index (κ3) is 1.70. The van der Waals surface area contributed by atoms with E-state index >= 15 is 0 Å². The Hall–Kier alpha value is -1.06. The molecular formula is C12H10ClNOS. The lowest BCUT2D eigenvalue weighted by molar-refractivity contribution is 0.289. The molecule has 0 fully saturated rings. The summed E-state index contributed by atoms with van der Waals surface area (Å²) < 4.78 is 5.74. The molecule has 1 aromatic carbocycles. The largest absolute Gasteiger partial charge is 0.493 e. The van der Waals surface area contributed by atoms with E-state index in [-0.39, 0.29) is 0 Å². The normalized spacial score (nSPS) is 14.3. The lowest BCUT2D eigenvalue weighted by Gasteiger charge is -2.19. The number of rotatable bonds is 1. The zero-order valence-electron chi connectivity index (χ0n) is 8.57. The summed E-state index contributed by atoms with van der Waals surface area (Å²) in [5, 5.41) is 3.33. The lowest BCUT2D eigenvalue weighted by Crippen LogP contribution is -2.09. The van der Waals surface area contributed by atoms with Gasteiger partial charge in [-0.25, -0.2) is 4.98 Å². The fraction of sp³-hybridized carbons (Fsp3) is 0.250. The Morgan fingerprint density at radius 2 is 2.31 bits per heavy atom. The Kier molecular flexibility index (Phi) is 2.58. The molecule has 2 aromatic rings. The molecule has 0 radical (unpaired) electrons. The van der Waals surface area contributed by atoms with Crippen molar-refractivity contribution in [2.75, 3.05) is 6.61 Å². The fourth-order valence-corrected chi connectivity index (χ4v) is 2.90. The lowest BCUT2D eigenvalue weighted by atomic mass is 10.0. The van der Waals surface area contributed by atoms with Gasteiger partial charge in [-0.2, -0.15) is 0 Å². The molecular weight excluding hydrogens is 242 g/mol. The van der Waals surface area contributed by atoms with Gasteiger partial charge >= 0.3 is 0 Å². The number of benzene rings is 1. The monoisotopic (exact) mass is 251 g/mol. The summed E-state index contributed by atoms with van der Waals surface area (Å²) in [6, 6.07) is 6.21. The number of hydrogen-bond donors (Lipinski definition) is 0. The van der Waals surface area contributed by atoms with Gasteiger partial charge in [0.2, 0.25) is 0 Å². The molecule has 0 bridgehead atoms. The molecule has 0 unspecified atom stereocenters. The Morgan fingerprint density at radius 3 is 3.12 bits per heavy atom. The zero-order valence-corrected chi connectivity index (χ0v) is 10.1. The number of halogens is 1. The molecule has 0 saturated heterocycles. The molecule has 2 nitrogen and oxygen atoms in total. The SMILES string of the molecule is Clc1csc(-c2cccc3c2OCCC3)n1. The van der Waals surface area contributed by atoms with Crippen LogP contribution in [0.3, 0.4) is 0 Å². The van der Waals surface area contributed by atoms with Crippen LogP contribution in [0, 0.1) is 0 Å². The Bertz CT molecular complexity index is 523. The molecule has 0 saturated carbocycles. The number of ether oxygens (including phenoxy) is 1. The predicted molar refractivity (Wildman–Crippen MR) is 66.4 cm³/mol. The van der Waals surface area contributed by atoms with Crippen molar-refractivity contribution in [1.82, 2.24) is 4.98 Å². The minimum Gasteiger partial charge on any atom is -0.493 e. The molecule has 0 aliphatic carbocycles. The van der Waals surface area contributed by atoms with Crippen LogP contribution in [0.15, 0.2) is 23.6 Å². The van der Waals surface area contributed by atoms with Gasteiger partial charge in [-0.15, -0.1) is 11.3 Å². The van der Waals surface area contributed by atoms with E-state index in [1.54, 1.807) is 11.3 Å². The summed E-state index contributed by atoms with van der Waals surface area (Å²) in [6.45, 7) is 0.795. The van der Waals surface area contributed by atoms with Crippen molar-refractivity contribution in [2.45, 2.75) is 12.8 Å². The first kappa shape index (κ1) is 10.1. The van der Waals surface area contributed by atoms with E-state index in [4.69, 9.17) is 16.3 Å². The molecule has 0 N–H and O–H groups in total. The second kappa shape index (κ2) is 4.07. The van der Waals surface area contributed by atoms with E-state index in [9.17, 15) is 0 Å². The van der Waals surface area contributed by atoms with E-state index in [0.717, 1.165) is 35.8 Å². The summed E-state index contributed by atoms with van der Waals surface area (Å²) in [5.74, 6) is 0.986. The van der Waals surface area contributed by atoms with Crippen LogP contribution in [0.25, 0.3) is 10.6 Å². The van der Waals surface area contributed by atoms with Crippen LogP contribution in [0.4, 0.5) is 0 Å². The van der Waals surface area contributed by atoms with Crippen LogP contribution < -0.4 is 4.74 Å². The van der Waals surface area contributed by atoms with Gasteiger partial charge in [0.25, 0.3) is 0 Å². The Morgan fingerprint density at radius 1 is 1.38 bits per heavy atom. The van der Waals surface area contributed by atoms with Gasteiger partial charge < -0.3 is 4.74 Å². The van der Waals surface area contributed by atoms with Crippen LogP contribution in [-0.4, -0.2) is 11.6 Å². The van der Waals surface area contributed by atoms with E-state index in [0.29, 0.717) is 5.15 Å². The van der Waals surface area contributed by atoms with Crippen molar-refractivity contribution < 1.29 is 4.74 Å². The fourth-order valence-electron chi connectivity index (χ4n) is 1.94. The highest BCUT2D eigenvalue weighted by Gasteiger charge is 2.17. The zero-order chi connectivity index (χ0) is 11.0. The van der Waals surface area contributed by atoms with Gasteiger partial charge in [0.15, 0.2) is 0 Å². The molecule has 1 aliphatic rings. The van der Waals surface area contributed by atoms with Crippen molar-refractivity contribution in [3.63, 3.8) is 0 Å². The summed E-state index contributed by atoms with van der Waals surface area (Å²) in [6.07, 6.45) is 2.18. The topological polar surface area (TPSA) is 22.1 Å². The first-order chi connectivity index (χ1) is 7.84. The number of aromatic nitrogens is 1. The Labute approximate surface area is 103 Å². The van der Waals surface area contributed by atoms with Crippen LogP contribution >= 0.6 is 22.9 Å². The number of thiazole rings is 1. The first-order valence-electron chi connectivity index (χ1n) is 5.21. The maximum atomic E-state index is 5.85. The second-order valence-corrected chi connectivity index (χ2v) is 4.97. The minimum absolute atomic E-state index is 0.549.